The van der Waals surface area contributed by atoms with E-state index >= 15 is 0 Å². The van der Waals surface area contributed by atoms with E-state index in [2.05, 4.69) is 10.2 Å². The number of hydrogen-bond donors (Lipinski definition) is 0. The summed E-state index contributed by atoms with van der Waals surface area (Å²) in [6, 6.07) is 4.08. The van der Waals surface area contributed by atoms with E-state index in [4.69, 9.17) is 11.6 Å². The van der Waals surface area contributed by atoms with Crippen LogP contribution in [0.4, 0.5) is 8.78 Å². The molecule has 84 valence electrons. The molecule has 1 aromatic carbocycles. The number of aromatic nitrogens is 2. The molecule has 1 aromatic heterocycles. The largest absolute Gasteiger partial charge is 0.204 e. The van der Waals surface area contributed by atoms with Crippen LogP contribution in [0.25, 0.3) is 0 Å². The second-order valence-electron chi connectivity index (χ2n) is 3.11. The van der Waals surface area contributed by atoms with Gasteiger partial charge in [0.15, 0.2) is 11.6 Å². The van der Waals surface area contributed by atoms with Gasteiger partial charge in [0.1, 0.15) is 10.0 Å². The normalized spacial score (nSPS) is 10.7. The Hall–Kier alpha value is -1.07. The SMILES string of the molecule is Fc1cccc(Cc2nnc(CCl)s2)c1F. The molecule has 2 aromatic rings. The van der Waals surface area contributed by atoms with E-state index in [9.17, 15) is 8.78 Å². The van der Waals surface area contributed by atoms with Crippen LogP contribution < -0.4 is 0 Å². The average molecular weight is 261 g/mol. The van der Waals surface area contributed by atoms with Gasteiger partial charge in [-0.3, -0.25) is 0 Å². The summed E-state index contributed by atoms with van der Waals surface area (Å²) in [5.74, 6) is -1.40. The lowest BCUT2D eigenvalue weighted by Crippen LogP contribution is -1.95. The Kier molecular flexibility index (Phi) is 3.46. The molecule has 16 heavy (non-hydrogen) atoms. The van der Waals surface area contributed by atoms with Crippen molar-refractivity contribution in [2.75, 3.05) is 0 Å². The number of hydrogen-bond acceptors (Lipinski definition) is 3. The first-order valence-electron chi connectivity index (χ1n) is 4.51. The molecule has 0 bridgehead atoms. The molecule has 1 heterocycles. The minimum atomic E-state index is -0.848. The summed E-state index contributed by atoms with van der Waals surface area (Å²) in [6.07, 6.45) is 0.234. The van der Waals surface area contributed by atoms with Crippen LogP contribution in [0.1, 0.15) is 15.6 Å². The van der Waals surface area contributed by atoms with Crippen molar-refractivity contribution in [2.24, 2.45) is 0 Å². The Morgan fingerprint density at radius 1 is 1.19 bits per heavy atom. The van der Waals surface area contributed by atoms with Gasteiger partial charge in [-0.15, -0.1) is 21.8 Å². The highest BCUT2D eigenvalue weighted by molar-refractivity contribution is 7.11. The fraction of sp³-hybridized carbons (Fsp3) is 0.200. The van der Waals surface area contributed by atoms with Gasteiger partial charge < -0.3 is 0 Å². The molecule has 0 aliphatic heterocycles. The Bertz CT molecular complexity index is 501. The third-order valence-corrected chi connectivity index (χ3v) is 3.33. The van der Waals surface area contributed by atoms with Crippen molar-refractivity contribution in [3.8, 4) is 0 Å². The van der Waals surface area contributed by atoms with Crippen LogP contribution in [0.15, 0.2) is 18.2 Å². The molecule has 6 heteroatoms. The number of alkyl halides is 1. The van der Waals surface area contributed by atoms with Crippen LogP contribution >= 0.6 is 22.9 Å². The number of benzene rings is 1. The first-order chi connectivity index (χ1) is 7.70. The second-order valence-corrected chi connectivity index (χ2v) is 4.53. The number of nitrogens with zero attached hydrogens (tertiary/aromatic N) is 2. The third-order valence-electron chi connectivity index (χ3n) is 2.00. The average Bonchev–Trinajstić information content (AvgIpc) is 2.73. The number of rotatable bonds is 3. The number of halogens is 3. The van der Waals surface area contributed by atoms with Crippen LogP contribution in [-0.4, -0.2) is 10.2 Å². The van der Waals surface area contributed by atoms with Crippen molar-refractivity contribution in [3.63, 3.8) is 0 Å². The van der Waals surface area contributed by atoms with Crippen molar-refractivity contribution in [1.82, 2.24) is 10.2 Å². The lowest BCUT2D eigenvalue weighted by atomic mass is 10.1. The summed E-state index contributed by atoms with van der Waals surface area (Å²) in [5.41, 5.74) is 0.275. The first kappa shape index (κ1) is 11.4. The van der Waals surface area contributed by atoms with E-state index in [0.717, 1.165) is 6.07 Å². The summed E-state index contributed by atoms with van der Waals surface area (Å²) >= 11 is 6.87. The Morgan fingerprint density at radius 2 is 1.94 bits per heavy atom. The molecular weight excluding hydrogens is 254 g/mol. The fourth-order valence-corrected chi connectivity index (χ4v) is 2.20. The minimum absolute atomic E-state index is 0.234. The van der Waals surface area contributed by atoms with E-state index < -0.39 is 11.6 Å². The molecule has 0 saturated carbocycles. The molecule has 0 radical (unpaired) electrons. The standard InChI is InChI=1S/C10H7ClF2N2S/c11-5-9-15-14-8(16-9)4-6-2-1-3-7(12)10(6)13/h1-3H,4-5H2. The highest BCUT2D eigenvalue weighted by Crippen LogP contribution is 2.19. The third kappa shape index (κ3) is 2.36. The Labute approximate surface area is 99.9 Å². The monoisotopic (exact) mass is 260 g/mol. The highest BCUT2D eigenvalue weighted by Gasteiger charge is 2.10. The first-order valence-corrected chi connectivity index (χ1v) is 5.86. The van der Waals surface area contributed by atoms with Crippen LogP contribution in [0.5, 0.6) is 0 Å². The molecule has 0 atom stereocenters. The van der Waals surface area contributed by atoms with Gasteiger partial charge >= 0.3 is 0 Å². The van der Waals surface area contributed by atoms with Crippen molar-refractivity contribution in [3.05, 3.63) is 45.4 Å². The molecule has 0 amide bonds. The van der Waals surface area contributed by atoms with E-state index in [-0.39, 0.29) is 17.9 Å². The van der Waals surface area contributed by atoms with Crippen LogP contribution in [0, 0.1) is 11.6 Å². The molecule has 0 fully saturated rings. The summed E-state index contributed by atoms with van der Waals surface area (Å²) in [6.45, 7) is 0. The van der Waals surface area contributed by atoms with Crippen molar-refractivity contribution in [1.29, 1.82) is 0 Å². The smallest absolute Gasteiger partial charge is 0.162 e. The molecule has 2 nitrogen and oxygen atoms in total. The van der Waals surface area contributed by atoms with Crippen LogP contribution in [-0.2, 0) is 12.3 Å². The summed E-state index contributed by atoms with van der Waals surface area (Å²) in [4.78, 5) is 0. The molecule has 0 unspecified atom stereocenters. The van der Waals surface area contributed by atoms with Crippen molar-refractivity contribution < 1.29 is 8.78 Å². The maximum atomic E-state index is 13.3. The topological polar surface area (TPSA) is 25.8 Å². The fourth-order valence-electron chi connectivity index (χ4n) is 1.26. The van der Waals surface area contributed by atoms with Crippen LogP contribution in [0.2, 0.25) is 0 Å². The predicted octanol–water partition coefficient (Wildman–Crippen LogP) is 3.15. The molecule has 0 saturated heterocycles. The molecule has 0 spiro atoms. The van der Waals surface area contributed by atoms with E-state index in [1.165, 1.54) is 23.5 Å². The lowest BCUT2D eigenvalue weighted by molar-refractivity contribution is 0.500. The minimum Gasteiger partial charge on any atom is -0.204 e. The lowest BCUT2D eigenvalue weighted by Gasteiger charge is -2.00. The highest BCUT2D eigenvalue weighted by atomic mass is 35.5. The van der Waals surface area contributed by atoms with Gasteiger partial charge in [0.05, 0.1) is 5.88 Å². The van der Waals surface area contributed by atoms with Gasteiger partial charge in [-0.1, -0.05) is 23.5 Å². The van der Waals surface area contributed by atoms with Crippen molar-refractivity contribution in [2.45, 2.75) is 12.3 Å². The zero-order chi connectivity index (χ0) is 11.5. The predicted molar refractivity (Wildman–Crippen MR) is 58.6 cm³/mol. The van der Waals surface area contributed by atoms with Crippen molar-refractivity contribution >= 4 is 22.9 Å². The second kappa shape index (κ2) is 4.84. The molecule has 2 rings (SSSR count). The molecule has 0 N–H and O–H groups in total. The quantitative estimate of drug-likeness (QED) is 0.793. The molecule has 0 aliphatic rings. The van der Waals surface area contributed by atoms with Gasteiger partial charge in [0.2, 0.25) is 0 Å². The van der Waals surface area contributed by atoms with E-state index in [1.54, 1.807) is 0 Å². The van der Waals surface area contributed by atoms with Gasteiger partial charge in [-0.25, -0.2) is 8.78 Å². The summed E-state index contributed by atoms with van der Waals surface area (Å²) in [5, 5.41) is 8.95. The Balaban J connectivity index is 2.23. The maximum absolute atomic E-state index is 13.3. The van der Waals surface area contributed by atoms with Gasteiger partial charge in [-0.05, 0) is 11.6 Å². The maximum Gasteiger partial charge on any atom is 0.162 e. The zero-order valence-corrected chi connectivity index (χ0v) is 9.66. The summed E-state index contributed by atoms with van der Waals surface area (Å²) in [7, 11) is 0. The zero-order valence-electron chi connectivity index (χ0n) is 8.08. The van der Waals surface area contributed by atoms with Gasteiger partial charge in [0, 0.05) is 6.42 Å². The summed E-state index contributed by atoms with van der Waals surface area (Å²) < 4.78 is 26.3. The van der Waals surface area contributed by atoms with Gasteiger partial charge in [0.25, 0.3) is 0 Å². The van der Waals surface area contributed by atoms with Gasteiger partial charge in [-0.2, -0.15) is 0 Å². The molecule has 0 aliphatic carbocycles. The molecular formula is C10H7ClF2N2S. The van der Waals surface area contributed by atoms with Crippen LogP contribution in [0.3, 0.4) is 0 Å². The van der Waals surface area contributed by atoms with E-state index in [1.807, 2.05) is 0 Å². The Morgan fingerprint density at radius 3 is 2.62 bits per heavy atom. The van der Waals surface area contributed by atoms with E-state index in [0.29, 0.717) is 10.0 Å².